The third-order valence-electron chi connectivity index (χ3n) is 1.51. The molecule has 1 aromatic rings. The highest BCUT2D eigenvalue weighted by Gasteiger charge is 2.16. The highest BCUT2D eigenvalue weighted by Crippen LogP contribution is 2.15. The van der Waals surface area contributed by atoms with Crippen LogP contribution in [0, 0.1) is 21.4 Å². The molecule has 1 heterocycles. The number of nitrogens with one attached hydrogen (secondary N) is 1. The Bertz CT molecular complexity index is 471. The summed E-state index contributed by atoms with van der Waals surface area (Å²) in [5, 5.41) is 18.9. The van der Waals surface area contributed by atoms with E-state index in [1.807, 2.05) is 0 Å². The molecule has 0 saturated carbocycles. The van der Waals surface area contributed by atoms with Crippen LogP contribution in [-0.4, -0.2) is 17.0 Å². The van der Waals surface area contributed by atoms with Crippen LogP contribution in [0.25, 0.3) is 0 Å². The summed E-state index contributed by atoms with van der Waals surface area (Å²) >= 11 is 0. The van der Waals surface area contributed by atoms with Gasteiger partial charge >= 0.3 is 11.2 Å². The highest BCUT2D eigenvalue weighted by atomic mass is 16.6. The lowest BCUT2D eigenvalue weighted by molar-refractivity contribution is -0.386. The lowest BCUT2D eigenvalue weighted by Gasteiger charge is -2.00. The average Bonchev–Trinajstić information content (AvgIpc) is 2.16. The van der Waals surface area contributed by atoms with Crippen molar-refractivity contribution in [3.05, 3.63) is 32.1 Å². The molecule has 0 bridgehead atoms. The van der Waals surface area contributed by atoms with Gasteiger partial charge in [-0.2, -0.15) is 5.26 Å². The number of methoxy groups -OCH3 is 1. The van der Waals surface area contributed by atoms with Crippen molar-refractivity contribution in [1.82, 2.24) is 4.98 Å². The Balaban J connectivity index is 3.48. The van der Waals surface area contributed by atoms with Crippen LogP contribution in [0.1, 0.15) is 5.56 Å². The maximum Gasteiger partial charge on any atom is 0.335 e. The van der Waals surface area contributed by atoms with Gasteiger partial charge in [-0.1, -0.05) is 0 Å². The van der Waals surface area contributed by atoms with Gasteiger partial charge in [0, 0.05) is 6.07 Å². The first kappa shape index (κ1) is 9.73. The molecule has 0 spiro atoms. The lowest BCUT2D eigenvalue weighted by Crippen LogP contribution is -2.13. The molecule has 72 valence electrons. The number of hydrogen-bond donors (Lipinski definition) is 1. The smallest absolute Gasteiger partial charge is 0.335 e. The SMILES string of the molecule is COc1[nH]c(=O)c([N+](=O)[O-])cc1C#N. The maximum absolute atomic E-state index is 11.0. The molecule has 1 rings (SSSR count). The molecule has 1 N–H and O–H groups in total. The third-order valence-corrected chi connectivity index (χ3v) is 1.51. The molecule has 0 atom stereocenters. The van der Waals surface area contributed by atoms with Gasteiger partial charge in [-0.05, 0) is 0 Å². The second-order valence-electron chi connectivity index (χ2n) is 2.30. The second kappa shape index (κ2) is 3.57. The molecule has 0 amide bonds. The summed E-state index contributed by atoms with van der Waals surface area (Å²) in [6, 6.07) is 2.54. The van der Waals surface area contributed by atoms with Crippen LogP contribution in [0.2, 0.25) is 0 Å². The van der Waals surface area contributed by atoms with E-state index in [0.717, 1.165) is 6.07 Å². The number of nitro groups is 1. The van der Waals surface area contributed by atoms with Gasteiger partial charge in [-0.15, -0.1) is 0 Å². The number of nitriles is 1. The maximum atomic E-state index is 11.0. The monoisotopic (exact) mass is 195 g/mol. The van der Waals surface area contributed by atoms with E-state index in [-0.39, 0.29) is 11.4 Å². The van der Waals surface area contributed by atoms with Crippen molar-refractivity contribution in [2.75, 3.05) is 7.11 Å². The molecule has 7 nitrogen and oxygen atoms in total. The Morgan fingerprint density at radius 1 is 1.71 bits per heavy atom. The molecule has 7 heteroatoms. The first-order valence-corrected chi connectivity index (χ1v) is 3.46. The lowest BCUT2D eigenvalue weighted by atomic mass is 10.3. The van der Waals surface area contributed by atoms with Crippen molar-refractivity contribution in [2.45, 2.75) is 0 Å². The number of aromatic nitrogens is 1. The molecule has 0 aromatic carbocycles. The number of rotatable bonds is 2. The summed E-state index contributed by atoms with van der Waals surface area (Å²) in [5.41, 5.74) is -1.66. The molecule has 0 aliphatic heterocycles. The number of aromatic amines is 1. The zero-order chi connectivity index (χ0) is 10.7. The van der Waals surface area contributed by atoms with Crippen LogP contribution in [0.15, 0.2) is 10.9 Å². The second-order valence-corrected chi connectivity index (χ2v) is 2.30. The van der Waals surface area contributed by atoms with Crippen molar-refractivity contribution in [3.63, 3.8) is 0 Å². The average molecular weight is 195 g/mol. The van der Waals surface area contributed by atoms with Crippen molar-refractivity contribution in [2.24, 2.45) is 0 Å². The standard InChI is InChI=1S/C7H5N3O4/c1-14-7-4(3-8)2-5(10(12)13)6(11)9-7/h2H,1H3,(H,9,11). The predicted molar refractivity (Wildman–Crippen MR) is 45.0 cm³/mol. The van der Waals surface area contributed by atoms with Crippen molar-refractivity contribution < 1.29 is 9.66 Å². The Kier molecular flexibility index (Phi) is 2.48. The van der Waals surface area contributed by atoms with Crippen LogP contribution in [0.5, 0.6) is 5.88 Å². The van der Waals surface area contributed by atoms with Crippen LogP contribution in [0.4, 0.5) is 5.69 Å². The van der Waals surface area contributed by atoms with E-state index >= 15 is 0 Å². The zero-order valence-electron chi connectivity index (χ0n) is 7.10. The molecule has 0 fully saturated rings. The van der Waals surface area contributed by atoms with Crippen LogP contribution in [0.3, 0.4) is 0 Å². The minimum absolute atomic E-state index is 0.0805. The van der Waals surface area contributed by atoms with Crippen LogP contribution < -0.4 is 10.3 Å². The largest absolute Gasteiger partial charge is 0.481 e. The topological polar surface area (TPSA) is 109 Å². The summed E-state index contributed by atoms with van der Waals surface area (Å²) in [6.07, 6.45) is 0. The molecular formula is C7H5N3O4. The Hall–Kier alpha value is -2.36. The zero-order valence-corrected chi connectivity index (χ0v) is 7.10. The first-order chi connectivity index (χ1) is 6.60. The predicted octanol–water partition coefficient (Wildman–Crippen LogP) is 0.163. The van der Waals surface area contributed by atoms with Crippen LogP contribution >= 0.6 is 0 Å². The Labute approximate surface area is 77.7 Å². The molecule has 14 heavy (non-hydrogen) atoms. The Morgan fingerprint density at radius 3 is 2.79 bits per heavy atom. The van der Waals surface area contributed by atoms with Crippen LogP contribution in [-0.2, 0) is 0 Å². The minimum Gasteiger partial charge on any atom is -0.481 e. The van der Waals surface area contributed by atoms with Crippen molar-refractivity contribution in [1.29, 1.82) is 5.26 Å². The molecule has 1 aromatic heterocycles. The Morgan fingerprint density at radius 2 is 2.36 bits per heavy atom. The normalized spacial score (nSPS) is 9.14. The first-order valence-electron chi connectivity index (χ1n) is 3.46. The van der Waals surface area contributed by atoms with Crippen molar-refractivity contribution in [3.8, 4) is 11.9 Å². The number of pyridine rings is 1. The van der Waals surface area contributed by atoms with Gasteiger partial charge in [0.2, 0.25) is 5.88 Å². The van der Waals surface area contributed by atoms with E-state index in [1.54, 1.807) is 6.07 Å². The van der Waals surface area contributed by atoms with E-state index in [2.05, 4.69) is 9.72 Å². The fraction of sp³-hybridized carbons (Fsp3) is 0.143. The highest BCUT2D eigenvalue weighted by molar-refractivity contribution is 5.44. The molecule has 0 aliphatic rings. The summed E-state index contributed by atoms with van der Waals surface area (Å²) in [7, 11) is 1.25. The number of H-pyrrole nitrogens is 1. The van der Waals surface area contributed by atoms with Gasteiger partial charge < -0.3 is 4.74 Å². The van der Waals surface area contributed by atoms with Gasteiger partial charge in [0.1, 0.15) is 11.6 Å². The van der Waals surface area contributed by atoms with E-state index < -0.39 is 16.2 Å². The fourth-order valence-corrected chi connectivity index (χ4v) is 0.882. The van der Waals surface area contributed by atoms with Gasteiger partial charge in [0.05, 0.1) is 12.0 Å². The summed E-state index contributed by atoms with van der Waals surface area (Å²) in [6.45, 7) is 0. The molecule has 0 unspecified atom stereocenters. The van der Waals surface area contributed by atoms with Gasteiger partial charge in [0.15, 0.2) is 0 Å². The van der Waals surface area contributed by atoms with E-state index in [9.17, 15) is 14.9 Å². The summed E-state index contributed by atoms with van der Waals surface area (Å²) in [5.74, 6) is -0.0805. The molecular weight excluding hydrogens is 190 g/mol. The third kappa shape index (κ3) is 1.54. The quantitative estimate of drug-likeness (QED) is 0.534. The summed E-state index contributed by atoms with van der Waals surface area (Å²) < 4.78 is 4.65. The molecule has 0 saturated heterocycles. The molecule has 0 radical (unpaired) electrons. The number of ether oxygens (including phenoxy) is 1. The van der Waals surface area contributed by atoms with E-state index in [0.29, 0.717) is 0 Å². The molecule has 0 aliphatic carbocycles. The minimum atomic E-state index is -0.897. The van der Waals surface area contributed by atoms with Gasteiger partial charge in [-0.25, -0.2) is 0 Å². The number of nitrogens with zero attached hydrogens (tertiary/aromatic N) is 2. The van der Waals surface area contributed by atoms with Gasteiger partial charge in [-0.3, -0.25) is 19.9 Å². The fourth-order valence-electron chi connectivity index (χ4n) is 0.882. The van der Waals surface area contributed by atoms with E-state index in [1.165, 1.54) is 7.11 Å². The summed E-state index contributed by atoms with van der Waals surface area (Å²) in [4.78, 5) is 22.6. The van der Waals surface area contributed by atoms with Crippen molar-refractivity contribution >= 4 is 5.69 Å². The van der Waals surface area contributed by atoms with Gasteiger partial charge in [0.25, 0.3) is 0 Å². The number of hydrogen-bond acceptors (Lipinski definition) is 5. The van der Waals surface area contributed by atoms with E-state index in [4.69, 9.17) is 5.26 Å².